The molecule has 5 nitrogen and oxygen atoms in total. The summed E-state index contributed by atoms with van der Waals surface area (Å²) in [6.07, 6.45) is 0. The van der Waals surface area contributed by atoms with E-state index in [0.717, 1.165) is 21.5 Å². The highest BCUT2D eigenvalue weighted by Gasteiger charge is 2.19. The van der Waals surface area contributed by atoms with Crippen molar-refractivity contribution < 1.29 is 0 Å². The maximum atomic E-state index is 5.50. The first-order valence-corrected chi connectivity index (χ1v) is 7.48. The summed E-state index contributed by atoms with van der Waals surface area (Å²) < 4.78 is 1.01. The van der Waals surface area contributed by atoms with Crippen molar-refractivity contribution in [1.82, 2.24) is 9.97 Å². The van der Waals surface area contributed by atoms with Gasteiger partial charge in [-0.25, -0.2) is 15.8 Å². The molecule has 6 heteroatoms. The number of hydrazine groups is 1. The Morgan fingerprint density at radius 1 is 1.10 bits per heavy atom. The number of rotatable bonds is 3. The number of halogens is 1. The van der Waals surface area contributed by atoms with E-state index < -0.39 is 0 Å². The normalized spacial score (nSPS) is 11.3. The van der Waals surface area contributed by atoms with Crippen molar-refractivity contribution >= 4 is 33.3 Å². The average molecular weight is 350 g/mol. The molecule has 0 bridgehead atoms. The molecule has 4 N–H and O–H groups in total. The number of nitrogens with two attached hydrogens (primary N) is 1. The van der Waals surface area contributed by atoms with Gasteiger partial charge in [0, 0.05) is 21.6 Å². The van der Waals surface area contributed by atoms with E-state index in [2.05, 4.69) is 57.4 Å². The molecule has 0 fully saturated rings. The molecule has 1 heterocycles. The third-order valence-electron chi connectivity index (χ3n) is 3.01. The van der Waals surface area contributed by atoms with Crippen LogP contribution in [0, 0.1) is 6.92 Å². The van der Waals surface area contributed by atoms with Crippen LogP contribution in [0.3, 0.4) is 0 Å². The third kappa shape index (κ3) is 3.92. The highest BCUT2D eigenvalue weighted by atomic mass is 79.9. The Balaban J connectivity index is 2.42. The van der Waals surface area contributed by atoms with Gasteiger partial charge >= 0.3 is 0 Å². The highest BCUT2D eigenvalue weighted by Crippen LogP contribution is 2.26. The van der Waals surface area contributed by atoms with E-state index in [1.54, 1.807) is 6.07 Å². The second-order valence-electron chi connectivity index (χ2n) is 5.94. The maximum Gasteiger partial charge on any atom is 0.145 e. The van der Waals surface area contributed by atoms with E-state index in [0.29, 0.717) is 11.6 Å². The molecule has 0 spiro atoms. The predicted molar refractivity (Wildman–Crippen MR) is 90.7 cm³/mol. The summed E-state index contributed by atoms with van der Waals surface area (Å²) in [5, 5.41) is 3.32. The SMILES string of the molecule is Cc1ccc(Br)cc1Nc1cc(NN)nc(C(C)(C)C)n1. The molecular formula is C15H20BrN5. The maximum absolute atomic E-state index is 5.50. The molecule has 2 aromatic rings. The predicted octanol–water partition coefficient (Wildman–Crippen LogP) is 3.87. The van der Waals surface area contributed by atoms with Crippen molar-refractivity contribution in [3.05, 3.63) is 40.1 Å². The van der Waals surface area contributed by atoms with E-state index in [1.807, 2.05) is 25.1 Å². The lowest BCUT2D eigenvalue weighted by Crippen LogP contribution is -2.19. The molecule has 0 radical (unpaired) electrons. The summed E-state index contributed by atoms with van der Waals surface area (Å²) in [5.41, 5.74) is 4.56. The zero-order chi connectivity index (χ0) is 15.6. The molecule has 21 heavy (non-hydrogen) atoms. The summed E-state index contributed by atoms with van der Waals surface area (Å²) in [7, 11) is 0. The molecule has 0 saturated heterocycles. The zero-order valence-electron chi connectivity index (χ0n) is 12.7. The Morgan fingerprint density at radius 2 is 1.76 bits per heavy atom. The Labute approximate surface area is 133 Å². The topological polar surface area (TPSA) is 75.9 Å². The second-order valence-corrected chi connectivity index (χ2v) is 6.86. The fraction of sp³-hybridized carbons (Fsp3) is 0.333. The van der Waals surface area contributed by atoms with E-state index in [1.165, 1.54) is 0 Å². The zero-order valence-corrected chi connectivity index (χ0v) is 14.2. The Bertz CT molecular complexity index is 649. The number of hydrogen-bond donors (Lipinski definition) is 3. The summed E-state index contributed by atoms with van der Waals surface area (Å²) in [6, 6.07) is 7.85. The van der Waals surface area contributed by atoms with Crippen molar-refractivity contribution in [2.45, 2.75) is 33.1 Å². The number of hydrogen-bond acceptors (Lipinski definition) is 5. The average Bonchev–Trinajstić information content (AvgIpc) is 2.41. The van der Waals surface area contributed by atoms with Gasteiger partial charge in [-0.05, 0) is 24.6 Å². The standard InChI is InChI=1S/C15H20BrN5/c1-9-5-6-10(16)7-11(9)18-12-8-13(21-17)20-14(19-12)15(2,3)4/h5-8H,17H2,1-4H3,(H2,18,19,20,21). The number of benzene rings is 1. The van der Waals surface area contributed by atoms with E-state index in [9.17, 15) is 0 Å². The van der Waals surface area contributed by atoms with Gasteiger partial charge in [0.2, 0.25) is 0 Å². The molecule has 0 aliphatic carbocycles. The van der Waals surface area contributed by atoms with Crippen LogP contribution in [0.25, 0.3) is 0 Å². The van der Waals surface area contributed by atoms with Crippen molar-refractivity contribution in [3.63, 3.8) is 0 Å². The molecule has 0 aliphatic rings. The quantitative estimate of drug-likeness (QED) is 0.579. The van der Waals surface area contributed by atoms with E-state index in [4.69, 9.17) is 5.84 Å². The monoisotopic (exact) mass is 349 g/mol. The van der Waals surface area contributed by atoms with Crippen LogP contribution in [0.5, 0.6) is 0 Å². The van der Waals surface area contributed by atoms with Gasteiger partial charge in [0.25, 0.3) is 0 Å². The number of nitrogens with zero attached hydrogens (tertiary/aromatic N) is 2. The van der Waals surface area contributed by atoms with Crippen LogP contribution in [0.15, 0.2) is 28.7 Å². The smallest absolute Gasteiger partial charge is 0.145 e. The van der Waals surface area contributed by atoms with Gasteiger partial charge in [-0.15, -0.1) is 0 Å². The first-order valence-electron chi connectivity index (χ1n) is 6.69. The Morgan fingerprint density at radius 3 is 2.38 bits per heavy atom. The fourth-order valence-electron chi connectivity index (χ4n) is 1.79. The first-order chi connectivity index (χ1) is 9.79. The minimum atomic E-state index is -0.157. The Kier molecular flexibility index (Phi) is 4.49. The minimum absolute atomic E-state index is 0.157. The van der Waals surface area contributed by atoms with Crippen LogP contribution in [-0.2, 0) is 5.41 Å². The summed E-state index contributed by atoms with van der Waals surface area (Å²) in [6.45, 7) is 8.24. The summed E-state index contributed by atoms with van der Waals surface area (Å²) in [4.78, 5) is 8.99. The Hall–Kier alpha value is -1.66. The number of aromatic nitrogens is 2. The van der Waals surface area contributed by atoms with Crippen molar-refractivity contribution in [1.29, 1.82) is 0 Å². The van der Waals surface area contributed by atoms with Crippen LogP contribution >= 0.6 is 15.9 Å². The molecule has 0 unspecified atom stereocenters. The van der Waals surface area contributed by atoms with Crippen LogP contribution < -0.4 is 16.6 Å². The molecule has 112 valence electrons. The highest BCUT2D eigenvalue weighted by molar-refractivity contribution is 9.10. The lowest BCUT2D eigenvalue weighted by atomic mass is 9.96. The lowest BCUT2D eigenvalue weighted by Gasteiger charge is -2.19. The number of nitrogens with one attached hydrogen (secondary N) is 2. The van der Waals surface area contributed by atoms with Crippen LogP contribution in [0.4, 0.5) is 17.3 Å². The molecule has 0 amide bonds. The van der Waals surface area contributed by atoms with Gasteiger partial charge in [0.15, 0.2) is 0 Å². The molecule has 1 aromatic heterocycles. The van der Waals surface area contributed by atoms with E-state index >= 15 is 0 Å². The largest absolute Gasteiger partial charge is 0.340 e. The lowest BCUT2D eigenvalue weighted by molar-refractivity contribution is 0.547. The molecule has 1 aromatic carbocycles. The van der Waals surface area contributed by atoms with Crippen LogP contribution in [-0.4, -0.2) is 9.97 Å². The fourth-order valence-corrected chi connectivity index (χ4v) is 2.15. The molecule has 0 aliphatic heterocycles. The number of anilines is 3. The van der Waals surface area contributed by atoms with E-state index in [-0.39, 0.29) is 5.41 Å². The van der Waals surface area contributed by atoms with Crippen molar-refractivity contribution in [2.75, 3.05) is 10.7 Å². The molecule has 0 saturated carbocycles. The van der Waals surface area contributed by atoms with Gasteiger partial charge in [0.05, 0.1) is 0 Å². The van der Waals surface area contributed by atoms with Crippen LogP contribution in [0.2, 0.25) is 0 Å². The molecule has 2 rings (SSSR count). The van der Waals surface area contributed by atoms with Crippen LogP contribution in [0.1, 0.15) is 32.2 Å². The molecule has 0 atom stereocenters. The van der Waals surface area contributed by atoms with Gasteiger partial charge in [-0.2, -0.15) is 0 Å². The number of nitrogen functional groups attached to an aromatic ring is 1. The van der Waals surface area contributed by atoms with Crippen molar-refractivity contribution in [3.8, 4) is 0 Å². The van der Waals surface area contributed by atoms with Gasteiger partial charge in [0.1, 0.15) is 17.5 Å². The second kappa shape index (κ2) is 5.99. The first kappa shape index (κ1) is 15.7. The van der Waals surface area contributed by atoms with Gasteiger partial charge < -0.3 is 10.7 Å². The van der Waals surface area contributed by atoms with Gasteiger partial charge in [-0.3, -0.25) is 0 Å². The third-order valence-corrected chi connectivity index (χ3v) is 3.50. The minimum Gasteiger partial charge on any atom is -0.340 e. The van der Waals surface area contributed by atoms with Gasteiger partial charge in [-0.1, -0.05) is 42.8 Å². The van der Waals surface area contributed by atoms with Crippen molar-refractivity contribution in [2.24, 2.45) is 5.84 Å². The molecular weight excluding hydrogens is 330 g/mol. The summed E-state index contributed by atoms with van der Waals surface area (Å²) >= 11 is 3.48. The summed E-state index contributed by atoms with van der Waals surface area (Å²) in [5.74, 6) is 7.53. The number of aryl methyl sites for hydroxylation is 1.